The van der Waals surface area contributed by atoms with Crippen molar-refractivity contribution in [3.8, 4) is 0 Å². The molecular weight excluding hydrogens is 308 g/mol. The molecule has 21 heavy (non-hydrogen) atoms. The van der Waals surface area contributed by atoms with Gasteiger partial charge in [0.1, 0.15) is 4.99 Å². The van der Waals surface area contributed by atoms with Crippen LogP contribution >= 0.6 is 12.2 Å². The largest absolute Gasteiger partial charge is 0.389 e. The number of hydrogen-bond donors (Lipinski definition) is 3. The van der Waals surface area contributed by atoms with Gasteiger partial charge < -0.3 is 11.1 Å². The number of rotatable bonds is 6. The first-order chi connectivity index (χ1) is 9.41. The molecule has 6 nitrogen and oxygen atoms in total. The van der Waals surface area contributed by atoms with Gasteiger partial charge in [-0.25, -0.2) is 13.1 Å². The lowest BCUT2D eigenvalue weighted by Crippen LogP contribution is -2.48. The molecular formula is C13H22N4O2S2. The van der Waals surface area contributed by atoms with Crippen molar-refractivity contribution in [3.05, 3.63) is 23.0 Å². The van der Waals surface area contributed by atoms with Crippen LogP contribution in [0.2, 0.25) is 0 Å². The number of pyridine rings is 1. The highest BCUT2D eigenvalue weighted by atomic mass is 32.2. The Morgan fingerprint density at radius 3 is 2.48 bits per heavy atom. The van der Waals surface area contributed by atoms with Crippen LogP contribution in [0, 0.1) is 13.8 Å². The van der Waals surface area contributed by atoms with Crippen LogP contribution in [-0.2, 0) is 10.0 Å². The second-order valence-electron chi connectivity index (χ2n) is 5.75. The highest BCUT2D eigenvalue weighted by Crippen LogP contribution is 2.20. The number of thiocarbonyl (C=S) groups is 1. The minimum atomic E-state index is -3.28. The molecule has 0 spiro atoms. The van der Waals surface area contributed by atoms with Gasteiger partial charge in [-0.3, -0.25) is 4.98 Å². The molecule has 0 unspecified atom stereocenters. The van der Waals surface area contributed by atoms with Gasteiger partial charge in [-0.2, -0.15) is 0 Å². The summed E-state index contributed by atoms with van der Waals surface area (Å²) in [6.45, 7) is 7.69. The third kappa shape index (κ3) is 5.56. The predicted octanol–water partition coefficient (Wildman–Crippen LogP) is 1.07. The van der Waals surface area contributed by atoms with Crippen molar-refractivity contribution in [2.75, 3.05) is 18.1 Å². The Balaban J connectivity index is 3.01. The SMILES string of the molecule is Cc1cc(NCC(C)(C)NS(C)(=O)=O)c(C(N)=S)c(C)n1. The van der Waals surface area contributed by atoms with Crippen molar-refractivity contribution in [3.63, 3.8) is 0 Å². The zero-order valence-electron chi connectivity index (χ0n) is 12.9. The van der Waals surface area contributed by atoms with E-state index in [9.17, 15) is 8.42 Å². The summed E-state index contributed by atoms with van der Waals surface area (Å²) in [4.78, 5) is 4.60. The number of sulfonamides is 1. The van der Waals surface area contributed by atoms with Gasteiger partial charge in [0.15, 0.2) is 0 Å². The lowest BCUT2D eigenvalue weighted by molar-refractivity contribution is 0.476. The van der Waals surface area contributed by atoms with Crippen molar-refractivity contribution in [1.82, 2.24) is 9.71 Å². The average molecular weight is 330 g/mol. The highest BCUT2D eigenvalue weighted by Gasteiger charge is 2.22. The lowest BCUT2D eigenvalue weighted by Gasteiger charge is -2.26. The van der Waals surface area contributed by atoms with Crippen LogP contribution in [0.3, 0.4) is 0 Å². The maximum Gasteiger partial charge on any atom is 0.209 e. The monoisotopic (exact) mass is 330 g/mol. The summed E-state index contributed by atoms with van der Waals surface area (Å²) in [7, 11) is -3.28. The van der Waals surface area contributed by atoms with E-state index in [-0.39, 0.29) is 4.99 Å². The van der Waals surface area contributed by atoms with E-state index in [1.807, 2.05) is 19.9 Å². The summed E-state index contributed by atoms with van der Waals surface area (Å²) in [5.41, 5.74) is 8.13. The summed E-state index contributed by atoms with van der Waals surface area (Å²) >= 11 is 5.06. The normalized spacial score (nSPS) is 12.2. The molecule has 8 heteroatoms. The zero-order chi connectivity index (χ0) is 16.4. The van der Waals surface area contributed by atoms with E-state index < -0.39 is 15.6 Å². The number of nitrogens with two attached hydrogens (primary N) is 1. The molecule has 0 aliphatic carbocycles. The Bertz CT molecular complexity index is 654. The summed E-state index contributed by atoms with van der Waals surface area (Å²) in [6.07, 6.45) is 1.13. The number of anilines is 1. The van der Waals surface area contributed by atoms with Gasteiger partial charge in [0.2, 0.25) is 10.0 Å². The van der Waals surface area contributed by atoms with E-state index in [1.54, 1.807) is 13.8 Å². The molecule has 0 aliphatic rings. The van der Waals surface area contributed by atoms with Crippen LogP contribution in [0.4, 0.5) is 5.69 Å². The van der Waals surface area contributed by atoms with E-state index in [0.717, 1.165) is 23.3 Å². The van der Waals surface area contributed by atoms with E-state index in [0.29, 0.717) is 12.1 Å². The Kier molecular flexibility index (Phi) is 5.30. The van der Waals surface area contributed by atoms with Gasteiger partial charge in [0.05, 0.1) is 11.8 Å². The van der Waals surface area contributed by atoms with Gasteiger partial charge in [0, 0.05) is 29.2 Å². The third-order valence-electron chi connectivity index (χ3n) is 2.76. The van der Waals surface area contributed by atoms with E-state index >= 15 is 0 Å². The summed E-state index contributed by atoms with van der Waals surface area (Å²) < 4.78 is 25.3. The summed E-state index contributed by atoms with van der Waals surface area (Å²) in [5, 5.41) is 3.20. The molecule has 0 fully saturated rings. The smallest absolute Gasteiger partial charge is 0.209 e. The number of aryl methyl sites for hydroxylation is 2. The van der Waals surface area contributed by atoms with Crippen molar-refractivity contribution >= 4 is 32.9 Å². The van der Waals surface area contributed by atoms with Gasteiger partial charge in [-0.1, -0.05) is 12.2 Å². The first-order valence-corrected chi connectivity index (χ1v) is 8.72. The minimum Gasteiger partial charge on any atom is -0.389 e. The molecule has 0 aromatic carbocycles. The molecule has 1 aromatic rings. The Morgan fingerprint density at radius 1 is 1.43 bits per heavy atom. The maximum atomic E-state index is 11.4. The molecule has 0 radical (unpaired) electrons. The second kappa shape index (κ2) is 6.25. The fraction of sp³-hybridized carbons (Fsp3) is 0.538. The molecule has 1 heterocycles. The zero-order valence-corrected chi connectivity index (χ0v) is 14.6. The Labute approximate surface area is 131 Å². The average Bonchev–Trinajstić information content (AvgIpc) is 2.21. The molecule has 0 saturated heterocycles. The minimum absolute atomic E-state index is 0.261. The van der Waals surface area contributed by atoms with E-state index in [4.69, 9.17) is 18.0 Å². The quantitative estimate of drug-likeness (QED) is 0.675. The fourth-order valence-corrected chi connectivity index (χ4v) is 3.47. The molecule has 1 aromatic heterocycles. The fourth-order valence-electron chi connectivity index (χ4n) is 2.13. The standard InChI is InChI=1S/C13H22N4O2S2/c1-8-6-10(11(12(14)20)9(2)16-8)15-7-13(3,4)17-21(5,18)19/h6,17H,7H2,1-5H3,(H2,14,20)(H,15,16). The van der Waals surface area contributed by atoms with E-state index in [2.05, 4.69) is 15.0 Å². The van der Waals surface area contributed by atoms with Crippen molar-refractivity contribution in [2.24, 2.45) is 5.73 Å². The number of aromatic nitrogens is 1. The molecule has 118 valence electrons. The summed E-state index contributed by atoms with van der Waals surface area (Å²) in [5.74, 6) is 0. The predicted molar refractivity (Wildman–Crippen MR) is 90.1 cm³/mol. The Morgan fingerprint density at radius 2 is 2.00 bits per heavy atom. The molecule has 4 N–H and O–H groups in total. The lowest BCUT2D eigenvalue weighted by atomic mass is 10.1. The van der Waals surface area contributed by atoms with Gasteiger partial charge in [-0.15, -0.1) is 0 Å². The summed E-state index contributed by atoms with van der Waals surface area (Å²) in [6, 6.07) is 1.85. The Hall–Kier alpha value is -1.25. The molecule has 1 rings (SSSR count). The van der Waals surface area contributed by atoms with Crippen LogP contribution in [-0.4, -0.2) is 36.7 Å². The third-order valence-corrected chi connectivity index (χ3v) is 3.88. The van der Waals surface area contributed by atoms with Crippen LogP contribution in [0.1, 0.15) is 30.8 Å². The topological polar surface area (TPSA) is 97.1 Å². The number of nitrogens with zero attached hydrogens (tertiary/aromatic N) is 1. The molecule has 0 aliphatic heterocycles. The first kappa shape index (κ1) is 17.8. The van der Waals surface area contributed by atoms with Gasteiger partial charge in [-0.05, 0) is 33.8 Å². The number of nitrogens with one attached hydrogen (secondary N) is 2. The molecule has 0 bridgehead atoms. The van der Waals surface area contributed by atoms with Crippen LogP contribution in [0.5, 0.6) is 0 Å². The van der Waals surface area contributed by atoms with Gasteiger partial charge in [0.25, 0.3) is 0 Å². The van der Waals surface area contributed by atoms with Gasteiger partial charge >= 0.3 is 0 Å². The second-order valence-corrected chi connectivity index (χ2v) is 7.94. The van der Waals surface area contributed by atoms with Crippen LogP contribution in [0.25, 0.3) is 0 Å². The number of hydrogen-bond acceptors (Lipinski definition) is 5. The first-order valence-electron chi connectivity index (χ1n) is 6.42. The van der Waals surface area contributed by atoms with Crippen molar-refractivity contribution in [2.45, 2.75) is 33.2 Å². The molecule has 0 amide bonds. The van der Waals surface area contributed by atoms with Crippen molar-refractivity contribution < 1.29 is 8.42 Å². The van der Waals surface area contributed by atoms with Crippen LogP contribution in [0.15, 0.2) is 6.07 Å². The van der Waals surface area contributed by atoms with Crippen molar-refractivity contribution in [1.29, 1.82) is 0 Å². The van der Waals surface area contributed by atoms with Crippen LogP contribution < -0.4 is 15.8 Å². The maximum absolute atomic E-state index is 11.4. The molecule has 0 atom stereocenters. The molecule has 0 saturated carbocycles. The highest BCUT2D eigenvalue weighted by molar-refractivity contribution is 7.88. The van der Waals surface area contributed by atoms with E-state index in [1.165, 1.54) is 0 Å².